The number of rotatable bonds is 6. The Hall–Kier alpha value is -2.29. The fraction of sp³-hybridized carbons (Fsp3) is 0.304. The summed E-state index contributed by atoms with van der Waals surface area (Å²) in [5, 5.41) is 4.19. The Labute approximate surface area is 197 Å². The predicted molar refractivity (Wildman–Crippen MR) is 129 cm³/mol. The average molecular weight is 490 g/mol. The minimum Gasteiger partial charge on any atom is -0.352 e. The molecule has 0 aliphatic carbocycles. The van der Waals surface area contributed by atoms with Crippen LogP contribution in [0.25, 0.3) is 16.9 Å². The highest BCUT2D eigenvalue weighted by Crippen LogP contribution is 2.29. The molecule has 1 aliphatic rings. The first-order valence-corrected chi connectivity index (χ1v) is 13.4. The maximum Gasteiger partial charge on any atom is 0.230 e. The van der Waals surface area contributed by atoms with E-state index in [0.29, 0.717) is 16.6 Å². The van der Waals surface area contributed by atoms with Gasteiger partial charge in [-0.2, -0.15) is 0 Å². The number of hydrogen-bond acceptors (Lipinski definition) is 5. The van der Waals surface area contributed by atoms with E-state index in [9.17, 15) is 13.2 Å². The molecule has 32 heavy (non-hydrogen) atoms. The van der Waals surface area contributed by atoms with Crippen LogP contribution in [-0.2, 0) is 14.6 Å². The Morgan fingerprint density at radius 3 is 2.66 bits per heavy atom. The smallest absolute Gasteiger partial charge is 0.230 e. The summed E-state index contributed by atoms with van der Waals surface area (Å²) < 4.78 is 25.3. The zero-order chi connectivity index (χ0) is 22.9. The monoisotopic (exact) mass is 489 g/mol. The third-order valence-corrected chi connectivity index (χ3v) is 8.34. The van der Waals surface area contributed by atoms with Gasteiger partial charge in [0.05, 0.1) is 28.6 Å². The second-order valence-electron chi connectivity index (χ2n) is 8.03. The van der Waals surface area contributed by atoms with Gasteiger partial charge in [0.15, 0.2) is 15.0 Å². The number of aromatic nitrogens is 2. The molecule has 0 radical (unpaired) electrons. The van der Waals surface area contributed by atoms with Crippen LogP contribution < -0.4 is 5.32 Å². The van der Waals surface area contributed by atoms with Gasteiger partial charge >= 0.3 is 0 Å². The van der Waals surface area contributed by atoms with Crippen molar-refractivity contribution in [3.63, 3.8) is 0 Å². The molecule has 6 nitrogen and oxygen atoms in total. The lowest BCUT2D eigenvalue weighted by Crippen LogP contribution is -2.36. The van der Waals surface area contributed by atoms with Gasteiger partial charge in [-0.3, -0.25) is 9.36 Å². The number of nitrogens with one attached hydrogen (secondary N) is 1. The number of carbonyl (C=O) groups excluding carboxylic acids is 1. The van der Waals surface area contributed by atoms with E-state index in [2.05, 4.69) is 23.5 Å². The molecule has 1 aromatic heterocycles. The van der Waals surface area contributed by atoms with Crippen molar-refractivity contribution in [2.45, 2.75) is 31.5 Å². The maximum absolute atomic E-state index is 12.5. The summed E-state index contributed by atoms with van der Waals surface area (Å²) in [6, 6.07) is 13.4. The second kappa shape index (κ2) is 9.29. The van der Waals surface area contributed by atoms with Crippen molar-refractivity contribution in [2.24, 2.45) is 0 Å². The van der Waals surface area contributed by atoms with Crippen LogP contribution in [0.2, 0.25) is 5.02 Å². The van der Waals surface area contributed by atoms with E-state index in [4.69, 9.17) is 16.6 Å². The van der Waals surface area contributed by atoms with Crippen LogP contribution in [-0.4, -0.2) is 47.2 Å². The lowest BCUT2D eigenvalue weighted by molar-refractivity contribution is -0.119. The largest absolute Gasteiger partial charge is 0.352 e. The number of benzene rings is 2. The highest BCUT2D eigenvalue weighted by atomic mass is 35.5. The van der Waals surface area contributed by atoms with E-state index in [-0.39, 0.29) is 29.2 Å². The molecule has 168 valence electrons. The molecule has 3 aromatic rings. The van der Waals surface area contributed by atoms with Crippen LogP contribution in [0.5, 0.6) is 0 Å². The number of hydrogen-bond donors (Lipinski definition) is 1. The molecule has 1 aliphatic heterocycles. The van der Waals surface area contributed by atoms with Crippen molar-refractivity contribution in [3.05, 3.63) is 64.8 Å². The highest BCUT2D eigenvalue weighted by Gasteiger charge is 2.29. The molecule has 1 amide bonds. The van der Waals surface area contributed by atoms with Gasteiger partial charge in [-0.05, 0) is 49.6 Å². The Balaban J connectivity index is 1.59. The van der Waals surface area contributed by atoms with E-state index in [0.717, 1.165) is 28.1 Å². The third-order valence-electron chi connectivity index (χ3n) is 5.37. The summed E-state index contributed by atoms with van der Waals surface area (Å²) in [4.78, 5) is 17.3. The number of amides is 1. The molecule has 0 saturated carbocycles. The first-order valence-electron chi connectivity index (χ1n) is 10.3. The fourth-order valence-corrected chi connectivity index (χ4v) is 6.28. The first kappa shape index (κ1) is 22.9. The molecule has 1 fully saturated rings. The molecule has 1 saturated heterocycles. The third kappa shape index (κ3) is 5.36. The van der Waals surface area contributed by atoms with Crippen LogP contribution in [0.15, 0.2) is 53.8 Å². The number of carbonyl (C=O) groups is 1. The zero-order valence-electron chi connectivity index (χ0n) is 17.8. The van der Waals surface area contributed by atoms with Gasteiger partial charge in [0.2, 0.25) is 5.91 Å². The standard InChI is InChI=1S/C23H24ClN3O3S2/c1-15-3-4-16(2)21(11-15)27-12-20(17-5-7-18(24)8-6-17)26-23(27)31-13-22(28)25-19-9-10-32(29,30)14-19/h3-8,11-12,19H,9-10,13-14H2,1-2H3,(H,25,28)/t19-/m1/s1. The SMILES string of the molecule is Cc1ccc(C)c(-n2cc(-c3ccc(Cl)cc3)nc2SCC(=O)N[C@@H]2CCS(=O)(=O)C2)c1. The second-order valence-corrected chi connectivity index (χ2v) is 11.6. The Kier molecular flexibility index (Phi) is 6.65. The predicted octanol–water partition coefficient (Wildman–Crippen LogP) is 4.20. The average Bonchev–Trinajstić information content (AvgIpc) is 3.31. The van der Waals surface area contributed by atoms with Gasteiger partial charge in [0, 0.05) is 22.8 Å². The zero-order valence-corrected chi connectivity index (χ0v) is 20.2. The molecule has 1 atom stereocenters. The lowest BCUT2D eigenvalue weighted by atomic mass is 10.1. The molecule has 2 heterocycles. The van der Waals surface area contributed by atoms with Crippen LogP contribution in [0.1, 0.15) is 17.5 Å². The lowest BCUT2D eigenvalue weighted by Gasteiger charge is -2.12. The minimum atomic E-state index is -3.04. The topological polar surface area (TPSA) is 81.1 Å². The van der Waals surface area contributed by atoms with Crippen molar-refractivity contribution in [3.8, 4) is 16.9 Å². The number of thioether (sulfide) groups is 1. The summed E-state index contributed by atoms with van der Waals surface area (Å²) in [6.45, 7) is 4.08. The summed E-state index contributed by atoms with van der Waals surface area (Å²) in [6.07, 6.45) is 2.44. The quantitative estimate of drug-likeness (QED) is 0.525. The number of sulfone groups is 1. The van der Waals surface area contributed by atoms with E-state index >= 15 is 0 Å². The van der Waals surface area contributed by atoms with Gasteiger partial charge in [-0.15, -0.1) is 0 Å². The van der Waals surface area contributed by atoms with E-state index in [1.165, 1.54) is 11.8 Å². The normalized spacial score (nSPS) is 17.4. The summed E-state index contributed by atoms with van der Waals surface area (Å²) in [5.41, 5.74) is 4.94. The molecule has 9 heteroatoms. The summed E-state index contributed by atoms with van der Waals surface area (Å²) in [5.74, 6) is 0.104. The van der Waals surface area contributed by atoms with Crippen LogP contribution in [0, 0.1) is 13.8 Å². The molecule has 0 unspecified atom stereocenters. The molecule has 1 N–H and O–H groups in total. The van der Waals surface area contributed by atoms with Crippen molar-refractivity contribution < 1.29 is 13.2 Å². The van der Waals surface area contributed by atoms with Gasteiger partial charge < -0.3 is 5.32 Å². The molecule has 0 bridgehead atoms. The molecular weight excluding hydrogens is 466 g/mol. The van der Waals surface area contributed by atoms with Crippen LogP contribution in [0.3, 0.4) is 0 Å². The van der Waals surface area contributed by atoms with Gasteiger partial charge in [0.25, 0.3) is 0 Å². The maximum atomic E-state index is 12.5. The van der Waals surface area contributed by atoms with Crippen molar-refractivity contribution in [2.75, 3.05) is 17.3 Å². The Morgan fingerprint density at radius 2 is 1.97 bits per heavy atom. The first-order chi connectivity index (χ1) is 15.2. The van der Waals surface area contributed by atoms with Gasteiger partial charge in [0.1, 0.15) is 0 Å². The summed E-state index contributed by atoms with van der Waals surface area (Å²) >= 11 is 7.36. The van der Waals surface area contributed by atoms with Crippen LogP contribution >= 0.6 is 23.4 Å². The van der Waals surface area contributed by atoms with Gasteiger partial charge in [-0.1, -0.05) is 47.6 Å². The number of aryl methyl sites for hydroxylation is 2. The molecule has 0 spiro atoms. The summed E-state index contributed by atoms with van der Waals surface area (Å²) in [7, 11) is -3.04. The molecule has 4 rings (SSSR count). The number of halogens is 1. The fourth-order valence-electron chi connectivity index (χ4n) is 3.68. The van der Waals surface area contributed by atoms with E-state index in [1.807, 2.05) is 48.9 Å². The Morgan fingerprint density at radius 1 is 1.22 bits per heavy atom. The Bertz CT molecular complexity index is 1250. The van der Waals surface area contributed by atoms with Gasteiger partial charge in [-0.25, -0.2) is 13.4 Å². The van der Waals surface area contributed by atoms with Crippen molar-refractivity contribution >= 4 is 39.1 Å². The highest BCUT2D eigenvalue weighted by molar-refractivity contribution is 7.99. The van der Waals surface area contributed by atoms with Crippen molar-refractivity contribution in [1.29, 1.82) is 0 Å². The van der Waals surface area contributed by atoms with Crippen LogP contribution in [0.4, 0.5) is 0 Å². The van der Waals surface area contributed by atoms with E-state index in [1.54, 1.807) is 0 Å². The van der Waals surface area contributed by atoms with E-state index < -0.39 is 9.84 Å². The molecule has 2 aromatic carbocycles. The number of imidazole rings is 1. The number of nitrogens with zero attached hydrogens (tertiary/aromatic N) is 2. The molecular formula is C23H24ClN3O3S2. The van der Waals surface area contributed by atoms with Crippen molar-refractivity contribution in [1.82, 2.24) is 14.9 Å². The minimum absolute atomic E-state index is 0.0151.